The molecule has 178 valence electrons. The average molecular weight is 459 g/mol. The molecule has 1 fully saturated rings. The number of nitrogens with zero attached hydrogens (tertiary/aromatic N) is 3. The third-order valence-electron chi connectivity index (χ3n) is 6.37. The molecule has 2 aromatic rings. The molecule has 34 heavy (non-hydrogen) atoms. The van der Waals surface area contributed by atoms with Gasteiger partial charge in [0.05, 0.1) is 24.9 Å². The summed E-state index contributed by atoms with van der Waals surface area (Å²) in [5.41, 5.74) is 5.38. The van der Waals surface area contributed by atoms with Gasteiger partial charge in [-0.3, -0.25) is 9.67 Å². The van der Waals surface area contributed by atoms with E-state index in [1.54, 1.807) is 13.3 Å². The van der Waals surface area contributed by atoms with Crippen LogP contribution in [0.1, 0.15) is 43.7 Å². The molecule has 1 atom stereocenters. The average Bonchev–Trinajstić information content (AvgIpc) is 3.54. The Kier molecular flexibility index (Phi) is 7.68. The molecule has 1 aliphatic carbocycles. The highest BCUT2D eigenvalue weighted by Gasteiger charge is 2.26. The van der Waals surface area contributed by atoms with Gasteiger partial charge in [-0.25, -0.2) is 0 Å². The zero-order valence-corrected chi connectivity index (χ0v) is 20.2. The maximum Gasteiger partial charge on any atom is 0.230 e. The molecule has 1 aromatic heterocycles. The summed E-state index contributed by atoms with van der Waals surface area (Å²) < 4.78 is 14.0. The maximum atomic E-state index is 6.35. The second kappa shape index (κ2) is 11.1. The van der Waals surface area contributed by atoms with E-state index >= 15 is 0 Å². The minimum absolute atomic E-state index is 0.0331. The van der Waals surface area contributed by atoms with Gasteiger partial charge in [-0.2, -0.15) is 5.10 Å². The van der Waals surface area contributed by atoms with Gasteiger partial charge >= 0.3 is 0 Å². The van der Waals surface area contributed by atoms with Gasteiger partial charge in [-0.1, -0.05) is 42.0 Å². The molecular weight excluding hydrogens is 424 g/mol. The standard InChI is InChI=1S/C28H34N4O2/c1-20-9-11-22(12-10-20)25-14-16-32(31-25)26(17-21(2)13-15-29-3)23-18-27(28(33-4)30-19-23)34-24-7-5-6-8-24/h9-16,18,24,26,30H,2-3,5-8,17,19H2,1,4H3/b15-13-. The quantitative estimate of drug-likeness (QED) is 0.358. The number of hydrogen-bond acceptors (Lipinski definition) is 5. The van der Waals surface area contributed by atoms with Gasteiger partial charge in [-0.05, 0) is 69.5 Å². The highest BCUT2D eigenvalue weighted by Crippen LogP contribution is 2.32. The van der Waals surface area contributed by atoms with Crippen molar-refractivity contribution >= 4 is 6.72 Å². The van der Waals surface area contributed by atoms with Crippen molar-refractivity contribution in [2.45, 2.75) is 51.2 Å². The van der Waals surface area contributed by atoms with Crippen LogP contribution < -0.4 is 5.32 Å². The molecular formula is C28H34N4O2. The van der Waals surface area contributed by atoms with Crippen molar-refractivity contribution in [1.29, 1.82) is 0 Å². The van der Waals surface area contributed by atoms with Gasteiger partial charge < -0.3 is 14.8 Å². The van der Waals surface area contributed by atoms with Gasteiger partial charge in [0.15, 0.2) is 5.76 Å². The first-order chi connectivity index (χ1) is 16.6. The van der Waals surface area contributed by atoms with Crippen LogP contribution in [0.2, 0.25) is 0 Å². The third-order valence-corrected chi connectivity index (χ3v) is 6.37. The van der Waals surface area contributed by atoms with Crippen LogP contribution in [-0.2, 0) is 9.47 Å². The van der Waals surface area contributed by atoms with Gasteiger partial charge in [0.25, 0.3) is 0 Å². The fraction of sp³-hybridized carbons (Fsp3) is 0.357. The van der Waals surface area contributed by atoms with Gasteiger partial charge in [0, 0.05) is 24.5 Å². The van der Waals surface area contributed by atoms with E-state index in [1.807, 2.05) is 17.0 Å². The van der Waals surface area contributed by atoms with Gasteiger partial charge in [0.2, 0.25) is 5.88 Å². The van der Waals surface area contributed by atoms with Crippen molar-refractivity contribution in [2.75, 3.05) is 13.7 Å². The number of hydrogen-bond donors (Lipinski definition) is 1. The number of ether oxygens (including phenoxy) is 2. The molecule has 4 rings (SSSR count). The number of aliphatic imine (C=N–C) groups is 1. The second-order valence-electron chi connectivity index (χ2n) is 8.92. The van der Waals surface area contributed by atoms with E-state index in [0.717, 1.165) is 41.0 Å². The summed E-state index contributed by atoms with van der Waals surface area (Å²) in [7, 11) is 1.67. The second-order valence-corrected chi connectivity index (χ2v) is 8.92. The minimum Gasteiger partial charge on any atom is -0.485 e. The Morgan fingerprint density at radius 1 is 1.26 bits per heavy atom. The van der Waals surface area contributed by atoms with Crippen LogP contribution in [0, 0.1) is 6.92 Å². The lowest BCUT2D eigenvalue weighted by Gasteiger charge is -2.28. The Morgan fingerprint density at radius 3 is 2.74 bits per heavy atom. The van der Waals surface area contributed by atoms with E-state index in [4.69, 9.17) is 14.6 Å². The molecule has 0 spiro atoms. The van der Waals surface area contributed by atoms with Gasteiger partial charge in [-0.15, -0.1) is 0 Å². The lowest BCUT2D eigenvalue weighted by Crippen LogP contribution is -2.29. The number of methoxy groups -OCH3 is 1. The predicted molar refractivity (Wildman–Crippen MR) is 137 cm³/mol. The van der Waals surface area contributed by atoms with E-state index in [-0.39, 0.29) is 12.1 Å². The van der Waals surface area contributed by atoms with Crippen LogP contribution in [-0.4, -0.2) is 36.3 Å². The fourth-order valence-corrected chi connectivity index (χ4v) is 4.47. The summed E-state index contributed by atoms with van der Waals surface area (Å²) >= 11 is 0. The van der Waals surface area contributed by atoms with Crippen molar-refractivity contribution in [2.24, 2.45) is 4.99 Å². The first-order valence-corrected chi connectivity index (χ1v) is 11.9. The molecule has 1 aromatic carbocycles. The molecule has 0 bridgehead atoms. The lowest BCUT2D eigenvalue weighted by atomic mass is 9.97. The zero-order valence-electron chi connectivity index (χ0n) is 20.2. The summed E-state index contributed by atoms with van der Waals surface area (Å²) in [5, 5.41) is 8.35. The summed E-state index contributed by atoms with van der Waals surface area (Å²) in [6.07, 6.45) is 13.3. The van der Waals surface area contributed by atoms with Crippen molar-refractivity contribution in [1.82, 2.24) is 15.1 Å². The number of rotatable bonds is 10. The largest absolute Gasteiger partial charge is 0.485 e. The minimum atomic E-state index is -0.0331. The smallest absolute Gasteiger partial charge is 0.230 e. The topological polar surface area (TPSA) is 60.7 Å². The number of nitrogens with one attached hydrogen (secondary N) is 1. The van der Waals surface area contributed by atoms with Crippen LogP contribution in [0.3, 0.4) is 0 Å². The highest BCUT2D eigenvalue weighted by atomic mass is 16.5. The molecule has 1 aliphatic heterocycles. The van der Waals surface area contributed by atoms with Crippen LogP contribution >= 0.6 is 0 Å². The summed E-state index contributed by atoms with van der Waals surface area (Å²) in [6, 6.07) is 10.5. The van der Waals surface area contributed by atoms with Crippen LogP contribution in [0.25, 0.3) is 11.3 Å². The monoisotopic (exact) mass is 458 g/mol. The Hall–Kier alpha value is -3.54. The summed E-state index contributed by atoms with van der Waals surface area (Å²) in [6.45, 7) is 10.5. The molecule has 1 unspecified atom stereocenters. The van der Waals surface area contributed by atoms with Crippen LogP contribution in [0.4, 0.5) is 0 Å². The third kappa shape index (κ3) is 5.68. The number of dihydropyridines is 1. The molecule has 0 radical (unpaired) electrons. The predicted octanol–water partition coefficient (Wildman–Crippen LogP) is 5.86. The Balaban J connectivity index is 1.65. The molecule has 0 saturated heterocycles. The first-order valence-electron chi connectivity index (χ1n) is 11.9. The molecule has 2 heterocycles. The van der Waals surface area contributed by atoms with E-state index < -0.39 is 0 Å². The van der Waals surface area contributed by atoms with Gasteiger partial charge in [0.1, 0.15) is 0 Å². The van der Waals surface area contributed by atoms with Crippen molar-refractivity contribution < 1.29 is 9.47 Å². The van der Waals surface area contributed by atoms with Crippen molar-refractivity contribution in [3.63, 3.8) is 0 Å². The summed E-state index contributed by atoms with van der Waals surface area (Å²) in [5.74, 6) is 1.45. The Bertz CT molecular complexity index is 1100. The van der Waals surface area contributed by atoms with E-state index in [9.17, 15) is 0 Å². The number of allylic oxidation sites excluding steroid dienone is 3. The van der Waals surface area contributed by atoms with E-state index in [0.29, 0.717) is 18.8 Å². The molecule has 6 nitrogen and oxygen atoms in total. The molecule has 1 N–H and O–H groups in total. The maximum absolute atomic E-state index is 6.35. The molecule has 1 saturated carbocycles. The van der Waals surface area contributed by atoms with E-state index in [1.165, 1.54) is 18.4 Å². The highest BCUT2D eigenvalue weighted by molar-refractivity contribution is 5.58. The lowest BCUT2D eigenvalue weighted by molar-refractivity contribution is 0.107. The fourth-order valence-electron chi connectivity index (χ4n) is 4.47. The molecule has 6 heteroatoms. The molecule has 0 amide bonds. The SMILES string of the molecule is C=N/C=C\C(=C)CC(C1=CC(OC2CCCC2)=C(OC)NC1)n1ccc(-c2ccc(C)cc2)n1. The molecule has 2 aliphatic rings. The van der Waals surface area contributed by atoms with Crippen LogP contribution in [0.15, 0.2) is 89.2 Å². The van der Waals surface area contributed by atoms with Crippen LogP contribution in [0.5, 0.6) is 0 Å². The Labute approximate surface area is 202 Å². The van der Waals surface area contributed by atoms with Crippen molar-refractivity contribution in [3.8, 4) is 11.3 Å². The first kappa shape index (κ1) is 23.6. The Morgan fingerprint density at radius 2 is 2.03 bits per heavy atom. The normalized spacial score (nSPS) is 17.4. The number of aromatic nitrogens is 2. The van der Waals surface area contributed by atoms with Crippen molar-refractivity contribution in [3.05, 3.63) is 89.8 Å². The van der Waals surface area contributed by atoms with E-state index in [2.05, 4.69) is 66.9 Å². The summed E-state index contributed by atoms with van der Waals surface area (Å²) in [4.78, 5) is 3.82. The number of aryl methyl sites for hydroxylation is 1. The number of benzene rings is 1. The zero-order chi connectivity index (χ0) is 23.9.